The predicted molar refractivity (Wildman–Crippen MR) is 62.0 cm³/mol. The molecule has 2 fully saturated rings. The highest BCUT2D eigenvalue weighted by Crippen LogP contribution is 2.37. The zero-order valence-corrected chi connectivity index (χ0v) is 9.87. The van der Waals surface area contributed by atoms with Crippen molar-refractivity contribution in [1.82, 2.24) is 4.90 Å². The fraction of sp³-hybridized carbons (Fsp3) is 0.833. The number of terminal acetylenes is 1. The summed E-state index contributed by atoms with van der Waals surface area (Å²) in [6.45, 7) is 6.83. The molecule has 2 aliphatic rings. The van der Waals surface area contributed by atoms with Gasteiger partial charge in [-0.3, -0.25) is 4.90 Å². The molecular weight excluding hydrogens is 190 g/mol. The molecule has 88 valence electrons. The fourth-order valence-corrected chi connectivity index (χ4v) is 2.48. The Kier molecular flexibility index (Phi) is 7.19. The molecule has 0 aromatic heterocycles. The Hall–Kier alpha value is -0.720. The van der Waals surface area contributed by atoms with Crippen LogP contribution in [-0.2, 0) is 0 Å². The van der Waals surface area contributed by atoms with Gasteiger partial charge in [-0.2, -0.15) is 0 Å². The molecule has 3 nitrogen and oxygen atoms in total. The Balaban J connectivity index is 0.000000342. The molecule has 15 heavy (non-hydrogen) atoms. The second-order valence-corrected chi connectivity index (χ2v) is 3.71. The summed E-state index contributed by atoms with van der Waals surface area (Å²) >= 11 is 0. The van der Waals surface area contributed by atoms with Crippen LogP contribution in [0.1, 0.15) is 39.5 Å². The quantitative estimate of drug-likeness (QED) is 0.650. The van der Waals surface area contributed by atoms with Crippen molar-refractivity contribution in [2.24, 2.45) is 0 Å². The average Bonchev–Trinajstić information content (AvgIpc) is 2.80. The van der Waals surface area contributed by atoms with E-state index in [0.717, 1.165) is 0 Å². The van der Waals surface area contributed by atoms with Crippen molar-refractivity contribution < 1.29 is 10.2 Å². The first-order valence-electron chi connectivity index (χ1n) is 5.75. The SMILES string of the molecule is C#CO.CC.OCC12CCCN1CCC2. The van der Waals surface area contributed by atoms with E-state index in [1.54, 1.807) is 0 Å². The van der Waals surface area contributed by atoms with Gasteiger partial charge in [0.15, 0.2) is 0 Å². The summed E-state index contributed by atoms with van der Waals surface area (Å²) in [5.41, 5.74) is 0.236. The van der Waals surface area contributed by atoms with Crippen molar-refractivity contribution in [2.45, 2.75) is 45.1 Å². The summed E-state index contributed by atoms with van der Waals surface area (Å²) in [7, 11) is 0. The number of hydrogen-bond acceptors (Lipinski definition) is 3. The maximum Gasteiger partial charge on any atom is 0.103 e. The van der Waals surface area contributed by atoms with Gasteiger partial charge < -0.3 is 10.2 Å². The average molecular weight is 213 g/mol. The Morgan fingerprint density at radius 3 is 1.93 bits per heavy atom. The van der Waals surface area contributed by atoms with E-state index in [2.05, 4.69) is 11.3 Å². The van der Waals surface area contributed by atoms with Gasteiger partial charge in [0.25, 0.3) is 0 Å². The summed E-state index contributed by atoms with van der Waals surface area (Å²) in [6, 6.07) is 0. The van der Waals surface area contributed by atoms with Crippen LogP contribution in [0.15, 0.2) is 0 Å². The molecule has 0 aromatic carbocycles. The van der Waals surface area contributed by atoms with Crippen LogP contribution in [0.25, 0.3) is 0 Å². The van der Waals surface area contributed by atoms with E-state index in [-0.39, 0.29) is 5.54 Å². The fourth-order valence-electron chi connectivity index (χ4n) is 2.48. The molecule has 0 saturated carbocycles. The molecule has 2 aliphatic heterocycles. The van der Waals surface area contributed by atoms with Crippen molar-refractivity contribution in [3.05, 3.63) is 0 Å². The molecule has 0 spiro atoms. The molecule has 0 unspecified atom stereocenters. The van der Waals surface area contributed by atoms with Crippen molar-refractivity contribution in [3.63, 3.8) is 0 Å². The van der Waals surface area contributed by atoms with Gasteiger partial charge >= 0.3 is 0 Å². The molecule has 2 rings (SSSR count). The number of nitrogens with zero attached hydrogens (tertiary/aromatic N) is 1. The Morgan fingerprint density at radius 1 is 1.27 bits per heavy atom. The van der Waals surface area contributed by atoms with Crippen LogP contribution in [-0.4, -0.2) is 40.3 Å². The molecule has 2 heterocycles. The topological polar surface area (TPSA) is 43.7 Å². The van der Waals surface area contributed by atoms with Crippen molar-refractivity contribution in [1.29, 1.82) is 0 Å². The standard InChI is InChI=1S/C8H15NO.C2H2O.C2H6/c10-7-8-3-1-5-9(8)6-2-4-8;1-2-3;1-2/h10H,1-7H2;1,3H;1-2H3. The summed E-state index contributed by atoms with van der Waals surface area (Å²) in [5, 5.41) is 16.3. The predicted octanol–water partition coefficient (Wildman–Crippen LogP) is 1.58. The van der Waals surface area contributed by atoms with E-state index < -0.39 is 0 Å². The minimum Gasteiger partial charge on any atom is -0.462 e. The highest BCUT2D eigenvalue weighted by molar-refractivity contribution is 4.99. The minimum absolute atomic E-state index is 0.236. The lowest BCUT2D eigenvalue weighted by Crippen LogP contribution is -2.41. The maximum absolute atomic E-state index is 9.19. The van der Waals surface area contributed by atoms with Crippen LogP contribution in [0.2, 0.25) is 0 Å². The second-order valence-electron chi connectivity index (χ2n) is 3.71. The number of rotatable bonds is 1. The number of aliphatic hydroxyl groups is 2. The molecule has 0 aromatic rings. The van der Waals surface area contributed by atoms with Gasteiger partial charge in [0.2, 0.25) is 0 Å². The van der Waals surface area contributed by atoms with Crippen LogP contribution < -0.4 is 0 Å². The van der Waals surface area contributed by atoms with Crippen LogP contribution in [0.4, 0.5) is 0 Å². The number of hydrogen-bond donors (Lipinski definition) is 2. The maximum atomic E-state index is 9.19. The van der Waals surface area contributed by atoms with Crippen molar-refractivity contribution in [3.8, 4) is 12.5 Å². The highest BCUT2D eigenvalue weighted by atomic mass is 16.3. The van der Waals surface area contributed by atoms with E-state index >= 15 is 0 Å². The summed E-state index contributed by atoms with van der Waals surface area (Å²) in [6.07, 6.45) is 10.4. The second kappa shape index (κ2) is 7.56. The summed E-state index contributed by atoms with van der Waals surface area (Å²) < 4.78 is 0. The Bertz CT molecular complexity index is 188. The zero-order chi connectivity index (χ0) is 11.7. The molecule has 0 aliphatic carbocycles. The largest absolute Gasteiger partial charge is 0.462 e. The summed E-state index contributed by atoms with van der Waals surface area (Å²) in [5.74, 6) is 0. The van der Waals surface area contributed by atoms with Crippen LogP contribution in [0.3, 0.4) is 0 Å². The highest BCUT2D eigenvalue weighted by Gasteiger charge is 2.43. The number of fused-ring (bicyclic) bond motifs is 1. The molecule has 0 radical (unpaired) electrons. The van der Waals surface area contributed by atoms with Crippen LogP contribution in [0, 0.1) is 12.5 Å². The third kappa shape index (κ3) is 3.40. The van der Waals surface area contributed by atoms with Gasteiger partial charge in [0.1, 0.15) is 6.11 Å². The first kappa shape index (κ1) is 14.3. The Labute approximate surface area is 93.1 Å². The smallest absolute Gasteiger partial charge is 0.103 e. The van der Waals surface area contributed by atoms with Gasteiger partial charge in [-0.15, -0.1) is 0 Å². The van der Waals surface area contributed by atoms with E-state index in [1.807, 2.05) is 13.8 Å². The lowest BCUT2D eigenvalue weighted by molar-refractivity contribution is 0.0999. The van der Waals surface area contributed by atoms with E-state index in [0.29, 0.717) is 6.61 Å². The third-order valence-corrected chi connectivity index (χ3v) is 3.11. The molecule has 0 bridgehead atoms. The van der Waals surface area contributed by atoms with Gasteiger partial charge in [-0.05, 0) is 38.8 Å². The zero-order valence-electron chi connectivity index (χ0n) is 9.87. The van der Waals surface area contributed by atoms with Crippen molar-refractivity contribution >= 4 is 0 Å². The van der Waals surface area contributed by atoms with Gasteiger partial charge in [0, 0.05) is 5.54 Å². The lowest BCUT2D eigenvalue weighted by Gasteiger charge is -2.29. The van der Waals surface area contributed by atoms with Gasteiger partial charge in [-0.1, -0.05) is 20.3 Å². The monoisotopic (exact) mass is 213 g/mol. The first-order valence-corrected chi connectivity index (χ1v) is 5.75. The molecule has 0 amide bonds. The summed E-state index contributed by atoms with van der Waals surface area (Å²) in [4.78, 5) is 2.47. The number of aliphatic hydroxyl groups excluding tert-OH is 2. The molecule has 3 heteroatoms. The molecule has 2 saturated heterocycles. The molecule has 2 N–H and O–H groups in total. The van der Waals surface area contributed by atoms with Gasteiger partial charge in [0.05, 0.1) is 6.61 Å². The van der Waals surface area contributed by atoms with E-state index in [4.69, 9.17) is 5.11 Å². The third-order valence-electron chi connectivity index (χ3n) is 3.11. The van der Waals surface area contributed by atoms with Crippen LogP contribution in [0.5, 0.6) is 0 Å². The lowest BCUT2D eigenvalue weighted by atomic mass is 9.96. The first-order chi connectivity index (χ1) is 7.29. The van der Waals surface area contributed by atoms with E-state index in [1.165, 1.54) is 44.9 Å². The van der Waals surface area contributed by atoms with E-state index in [9.17, 15) is 5.11 Å². The molecular formula is C12H23NO2. The van der Waals surface area contributed by atoms with Crippen LogP contribution >= 0.6 is 0 Å². The Morgan fingerprint density at radius 2 is 1.67 bits per heavy atom. The normalized spacial score (nSPS) is 21.5. The molecule has 0 atom stereocenters. The van der Waals surface area contributed by atoms with Crippen molar-refractivity contribution in [2.75, 3.05) is 19.7 Å². The van der Waals surface area contributed by atoms with Gasteiger partial charge in [-0.25, -0.2) is 0 Å². The minimum atomic E-state index is 0.236.